The first kappa shape index (κ1) is 22.5. The van der Waals surface area contributed by atoms with Gasteiger partial charge in [-0.25, -0.2) is 19.7 Å². The first-order chi connectivity index (χ1) is 13.4. The van der Waals surface area contributed by atoms with Crippen LogP contribution in [0.2, 0.25) is 0 Å². The van der Waals surface area contributed by atoms with Crippen LogP contribution in [0.4, 0.5) is 0 Å². The highest BCUT2D eigenvalue weighted by atomic mass is 16.2. The second kappa shape index (κ2) is 8.31. The standard InChI is InChI=1S/C11H16N4.C10H16N2O2/c1-6(2)15-9(5)14-10-7(3)12-8(4)13-11(10)15;1-6(2)12-8(4)7(3)9(13)11(5)10(12)14/h6H,1-5H3;6H,1-5H3. The first-order valence-corrected chi connectivity index (χ1v) is 9.86. The smallest absolute Gasteiger partial charge is 0.310 e. The average molecular weight is 401 g/mol. The Bertz CT molecular complexity index is 1160. The number of hydrogen-bond acceptors (Lipinski definition) is 5. The highest BCUT2D eigenvalue weighted by Crippen LogP contribution is 2.20. The fourth-order valence-corrected chi connectivity index (χ4v) is 3.56. The van der Waals surface area contributed by atoms with Crippen LogP contribution in [0, 0.1) is 34.6 Å². The fraction of sp³-hybridized carbons (Fsp3) is 0.571. The molecule has 158 valence electrons. The molecule has 0 saturated carbocycles. The molecule has 3 heterocycles. The normalized spacial score (nSPS) is 11.3. The summed E-state index contributed by atoms with van der Waals surface area (Å²) in [5, 5.41) is 0. The summed E-state index contributed by atoms with van der Waals surface area (Å²) in [5.41, 5.74) is 3.78. The molecule has 8 heteroatoms. The second-order valence-corrected chi connectivity index (χ2v) is 7.97. The van der Waals surface area contributed by atoms with Crippen molar-refractivity contribution in [3.05, 3.63) is 49.4 Å². The number of hydrogen-bond donors (Lipinski definition) is 0. The van der Waals surface area contributed by atoms with E-state index in [9.17, 15) is 9.59 Å². The molecule has 29 heavy (non-hydrogen) atoms. The molecule has 3 aromatic heterocycles. The van der Waals surface area contributed by atoms with E-state index in [1.165, 1.54) is 7.05 Å². The zero-order chi connectivity index (χ0) is 22.2. The summed E-state index contributed by atoms with van der Waals surface area (Å²) in [5.74, 6) is 1.81. The summed E-state index contributed by atoms with van der Waals surface area (Å²) in [7, 11) is 1.51. The van der Waals surface area contributed by atoms with Crippen LogP contribution in [0.1, 0.15) is 68.4 Å². The van der Waals surface area contributed by atoms with Crippen molar-refractivity contribution in [1.29, 1.82) is 0 Å². The molecule has 0 radical (unpaired) electrons. The molecular formula is C21H32N6O2. The largest absolute Gasteiger partial charge is 0.331 e. The van der Waals surface area contributed by atoms with E-state index in [0.29, 0.717) is 11.6 Å². The molecule has 8 nitrogen and oxygen atoms in total. The summed E-state index contributed by atoms with van der Waals surface area (Å²) in [6.45, 7) is 17.6. The van der Waals surface area contributed by atoms with Crippen molar-refractivity contribution in [3.63, 3.8) is 0 Å². The minimum Gasteiger partial charge on any atom is -0.310 e. The topological polar surface area (TPSA) is 87.6 Å². The molecule has 0 aliphatic carbocycles. The molecule has 0 N–H and O–H groups in total. The van der Waals surface area contributed by atoms with E-state index in [1.807, 2.05) is 34.6 Å². The van der Waals surface area contributed by atoms with E-state index in [2.05, 4.69) is 33.4 Å². The monoisotopic (exact) mass is 400 g/mol. The number of nitrogens with zero attached hydrogens (tertiary/aromatic N) is 6. The summed E-state index contributed by atoms with van der Waals surface area (Å²) in [4.78, 5) is 36.6. The van der Waals surface area contributed by atoms with Gasteiger partial charge in [-0.15, -0.1) is 0 Å². The van der Waals surface area contributed by atoms with Gasteiger partial charge in [-0.3, -0.25) is 13.9 Å². The summed E-state index contributed by atoms with van der Waals surface area (Å²) in [6.07, 6.45) is 0. The molecule has 0 amide bonds. The van der Waals surface area contributed by atoms with Crippen LogP contribution in [0.15, 0.2) is 9.59 Å². The molecule has 3 aromatic rings. The Morgan fingerprint density at radius 3 is 1.86 bits per heavy atom. The van der Waals surface area contributed by atoms with Crippen LogP contribution in [0.5, 0.6) is 0 Å². The Morgan fingerprint density at radius 1 is 0.793 bits per heavy atom. The lowest BCUT2D eigenvalue weighted by Gasteiger charge is -2.16. The van der Waals surface area contributed by atoms with E-state index >= 15 is 0 Å². The number of aromatic nitrogens is 6. The zero-order valence-electron chi connectivity index (χ0n) is 19.2. The van der Waals surface area contributed by atoms with Gasteiger partial charge in [0.05, 0.1) is 5.69 Å². The molecule has 0 saturated heterocycles. The summed E-state index contributed by atoms with van der Waals surface area (Å²) < 4.78 is 4.94. The van der Waals surface area contributed by atoms with Crippen LogP contribution in [-0.4, -0.2) is 28.7 Å². The molecule has 0 aliphatic rings. The molecule has 0 aliphatic heterocycles. The number of fused-ring (bicyclic) bond motifs is 1. The highest BCUT2D eigenvalue weighted by Gasteiger charge is 2.14. The molecule has 0 unspecified atom stereocenters. The van der Waals surface area contributed by atoms with Crippen LogP contribution in [0.3, 0.4) is 0 Å². The predicted molar refractivity (Wildman–Crippen MR) is 116 cm³/mol. The van der Waals surface area contributed by atoms with Gasteiger partial charge in [0.1, 0.15) is 17.2 Å². The fourth-order valence-electron chi connectivity index (χ4n) is 3.56. The Hall–Kier alpha value is -2.77. The lowest BCUT2D eigenvalue weighted by molar-refractivity contribution is 0.514. The quantitative estimate of drug-likeness (QED) is 0.660. The van der Waals surface area contributed by atoms with Crippen LogP contribution in [0.25, 0.3) is 11.2 Å². The van der Waals surface area contributed by atoms with Gasteiger partial charge in [0.2, 0.25) is 0 Å². The van der Waals surface area contributed by atoms with Gasteiger partial charge in [0, 0.05) is 30.4 Å². The Labute approximate surface area is 171 Å². The van der Waals surface area contributed by atoms with Gasteiger partial charge in [-0.1, -0.05) is 0 Å². The maximum absolute atomic E-state index is 11.7. The van der Waals surface area contributed by atoms with E-state index < -0.39 is 0 Å². The highest BCUT2D eigenvalue weighted by molar-refractivity contribution is 5.74. The lowest BCUT2D eigenvalue weighted by atomic mass is 10.2. The van der Waals surface area contributed by atoms with Crippen molar-refractivity contribution in [2.45, 2.75) is 74.4 Å². The zero-order valence-corrected chi connectivity index (χ0v) is 19.2. The van der Waals surface area contributed by atoms with Crippen molar-refractivity contribution >= 4 is 11.2 Å². The van der Waals surface area contributed by atoms with Crippen LogP contribution in [-0.2, 0) is 7.05 Å². The van der Waals surface area contributed by atoms with Crippen molar-refractivity contribution < 1.29 is 0 Å². The van der Waals surface area contributed by atoms with Crippen LogP contribution < -0.4 is 11.2 Å². The third-order valence-corrected chi connectivity index (χ3v) is 5.06. The SMILES string of the molecule is Cc1c(C)n(C(C)C)c(=O)n(C)c1=O.Cc1nc(C)c2nc(C)n(C(C)C)c2n1. The molecule has 0 fully saturated rings. The van der Waals surface area contributed by atoms with Gasteiger partial charge < -0.3 is 4.57 Å². The van der Waals surface area contributed by atoms with Gasteiger partial charge in [-0.05, 0) is 62.3 Å². The number of rotatable bonds is 2. The van der Waals surface area contributed by atoms with E-state index in [-0.39, 0.29) is 17.3 Å². The Morgan fingerprint density at radius 2 is 1.34 bits per heavy atom. The molecule has 3 rings (SSSR count). The average Bonchev–Trinajstić information content (AvgIpc) is 2.95. The molecule has 0 aromatic carbocycles. The van der Waals surface area contributed by atoms with Crippen molar-refractivity contribution in [1.82, 2.24) is 28.7 Å². The number of aryl methyl sites for hydroxylation is 3. The van der Waals surface area contributed by atoms with Crippen molar-refractivity contribution in [3.8, 4) is 0 Å². The van der Waals surface area contributed by atoms with Gasteiger partial charge in [-0.2, -0.15) is 0 Å². The van der Waals surface area contributed by atoms with E-state index in [1.54, 1.807) is 18.4 Å². The van der Waals surface area contributed by atoms with E-state index in [0.717, 1.165) is 38.8 Å². The third-order valence-electron chi connectivity index (χ3n) is 5.06. The molecular weight excluding hydrogens is 368 g/mol. The maximum Gasteiger partial charge on any atom is 0.331 e. The Kier molecular flexibility index (Phi) is 6.45. The maximum atomic E-state index is 11.7. The lowest BCUT2D eigenvalue weighted by Crippen LogP contribution is -2.41. The number of imidazole rings is 1. The Balaban J connectivity index is 0.000000208. The minimum atomic E-state index is -0.242. The molecule has 0 spiro atoms. The molecule has 0 atom stereocenters. The van der Waals surface area contributed by atoms with Crippen LogP contribution >= 0.6 is 0 Å². The van der Waals surface area contributed by atoms with Gasteiger partial charge in [0.25, 0.3) is 5.56 Å². The van der Waals surface area contributed by atoms with Crippen molar-refractivity contribution in [2.24, 2.45) is 7.05 Å². The third kappa shape index (κ3) is 4.16. The first-order valence-electron chi connectivity index (χ1n) is 9.86. The minimum absolute atomic E-state index is 0.0769. The van der Waals surface area contributed by atoms with Gasteiger partial charge in [0.15, 0.2) is 5.65 Å². The second-order valence-electron chi connectivity index (χ2n) is 7.97. The molecule has 0 bridgehead atoms. The summed E-state index contributed by atoms with van der Waals surface area (Å²) in [6, 6.07) is 0.455. The predicted octanol–water partition coefficient (Wildman–Crippen LogP) is 3.08. The summed E-state index contributed by atoms with van der Waals surface area (Å²) >= 11 is 0. The van der Waals surface area contributed by atoms with Crippen molar-refractivity contribution in [2.75, 3.05) is 0 Å². The van der Waals surface area contributed by atoms with E-state index in [4.69, 9.17) is 0 Å². The van der Waals surface area contributed by atoms with Gasteiger partial charge >= 0.3 is 5.69 Å².